The molecule has 4 heteroatoms. The number of aliphatic hydroxyl groups excluding tert-OH is 1. The Morgan fingerprint density at radius 1 is 1.09 bits per heavy atom. The third-order valence-electron chi connectivity index (χ3n) is 3.71. The molecule has 1 aromatic heterocycles. The molecule has 0 spiro atoms. The third kappa shape index (κ3) is 3.12. The van der Waals surface area contributed by atoms with Crippen LogP contribution in [0.1, 0.15) is 12.7 Å². The van der Waals surface area contributed by atoms with Crippen LogP contribution in [0.4, 0.5) is 0 Å². The zero-order chi connectivity index (χ0) is 15.4. The number of ether oxygens (including phenoxy) is 1. The summed E-state index contributed by atoms with van der Waals surface area (Å²) in [6, 6.07) is 17.7. The van der Waals surface area contributed by atoms with E-state index in [9.17, 15) is 5.11 Å². The van der Waals surface area contributed by atoms with Gasteiger partial charge in [-0.25, -0.2) is 9.55 Å². The summed E-state index contributed by atoms with van der Waals surface area (Å²) in [7, 11) is 0. The zero-order valence-electron chi connectivity index (χ0n) is 12.7. The van der Waals surface area contributed by atoms with Crippen molar-refractivity contribution >= 4 is 11.0 Å². The molecule has 1 atom stereocenters. The lowest BCUT2D eigenvalue weighted by Crippen LogP contribution is -2.44. The number of para-hydroxylation sites is 3. The standard InChI is InChI=1S/C18H20N2O2/c1-2-18-19-16-10-6-7-11-17(16)20(18)12-14(21)13-22-15-8-4-3-5-9-15/h3-11,14,21H,2,12-13H2,1H3/p+1. The summed E-state index contributed by atoms with van der Waals surface area (Å²) < 4.78 is 7.76. The van der Waals surface area contributed by atoms with E-state index in [1.54, 1.807) is 0 Å². The quantitative estimate of drug-likeness (QED) is 0.687. The monoisotopic (exact) mass is 297 g/mol. The van der Waals surface area contributed by atoms with Crippen LogP contribution in [-0.2, 0) is 13.0 Å². The lowest BCUT2D eigenvalue weighted by Gasteiger charge is -2.11. The van der Waals surface area contributed by atoms with E-state index in [0.29, 0.717) is 6.54 Å². The molecular weight excluding hydrogens is 276 g/mol. The largest absolute Gasteiger partial charge is 0.491 e. The normalized spacial score (nSPS) is 12.5. The van der Waals surface area contributed by atoms with E-state index >= 15 is 0 Å². The number of hydrogen-bond acceptors (Lipinski definition) is 2. The van der Waals surface area contributed by atoms with Crippen molar-refractivity contribution in [3.63, 3.8) is 0 Å². The summed E-state index contributed by atoms with van der Waals surface area (Å²) in [5.74, 6) is 1.89. The summed E-state index contributed by atoms with van der Waals surface area (Å²) in [5, 5.41) is 10.3. The van der Waals surface area contributed by atoms with Gasteiger partial charge in [0.15, 0.2) is 11.0 Å². The van der Waals surface area contributed by atoms with E-state index in [2.05, 4.69) is 28.6 Å². The average molecular weight is 297 g/mol. The molecule has 22 heavy (non-hydrogen) atoms. The Morgan fingerprint density at radius 3 is 2.59 bits per heavy atom. The molecule has 3 aromatic rings. The van der Waals surface area contributed by atoms with Crippen molar-refractivity contribution in [2.45, 2.75) is 26.0 Å². The number of aromatic nitrogens is 2. The molecule has 3 rings (SSSR count). The summed E-state index contributed by atoms with van der Waals surface area (Å²) in [4.78, 5) is 3.40. The molecule has 0 aliphatic heterocycles. The van der Waals surface area contributed by atoms with Crippen molar-refractivity contribution < 1.29 is 14.4 Å². The number of nitrogens with zero attached hydrogens (tertiary/aromatic N) is 1. The van der Waals surface area contributed by atoms with Gasteiger partial charge in [-0.2, -0.15) is 0 Å². The van der Waals surface area contributed by atoms with Gasteiger partial charge in [-0.05, 0) is 24.3 Å². The number of nitrogens with one attached hydrogen (secondary N) is 1. The molecule has 4 nitrogen and oxygen atoms in total. The van der Waals surface area contributed by atoms with Gasteiger partial charge in [0.2, 0.25) is 0 Å². The van der Waals surface area contributed by atoms with Gasteiger partial charge < -0.3 is 9.84 Å². The highest BCUT2D eigenvalue weighted by Crippen LogP contribution is 2.11. The second kappa shape index (κ2) is 6.62. The highest BCUT2D eigenvalue weighted by Gasteiger charge is 2.19. The van der Waals surface area contributed by atoms with Crippen molar-refractivity contribution in [2.24, 2.45) is 0 Å². The Balaban J connectivity index is 1.72. The Bertz CT molecular complexity index is 737. The molecular formula is C18H21N2O2+. The first-order chi connectivity index (χ1) is 10.8. The number of imidazole rings is 1. The van der Waals surface area contributed by atoms with Gasteiger partial charge in [-0.15, -0.1) is 0 Å². The minimum Gasteiger partial charge on any atom is -0.491 e. The van der Waals surface area contributed by atoms with Gasteiger partial charge in [-0.3, -0.25) is 0 Å². The van der Waals surface area contributed by atoms with Crippen LogP contribution in [0.15, 0.2) is 54.6 Å². The Hall–Kier alpha value is -2.33. The van der Waals surface area contributed by atoms with Gasteiger partial charge >= 0.3 is 0 Å². The van der Waals surface area contributed by atoms with Crippen LogP contribution in [0.2, 0.25) is 0 Å². The van der Waals surface area contributed by atoms with E-state index in [1.165, 1.54) is 0 Å². The fourth-order valence-electron chi connectivity index (χ4n) is 2.64. The van der Waals surface area contributed by atoms with E-state index in [4.69, 9.17) is 4.74 Å². The fourth-order valence-corrected chi connectivity index (χ4v) is 2.64. The Kier molecular flexibility index (Phi) is 4.39. The second-order valence-electron chi connectivity index (χ2n) is 5.33. The van der Waals surface area contributed by atoms with E-state index in [1.807, 2.05) is 42.5 Å². The van der Waals surface area contributed by atoms with E-state index in [-0.39, 0.29) is 6.61 Å². The summed E-state index contributed by atoms with van der Waals surface area (Å²) in [6.45, 7) is 2.90. The number of aromatic amines is 1. The number of aliphatic hydroxyl groups is 1. The highest BCUT2D eigenvalue weighted by molar-refractivity contribution is 5.71. The predicted octanol–water partition coefficient (Wildman–Crippen LogP) is 2.46. The summed E-state index contributed by atoms with van der Waals surface area (Å²) in [5.41, 5.74) is 2.20. The van der Waals surface area contributed by atoms with Crippen molar-refractivity contribution in [1.82, 2.24) is 4.98 Å². The van der Waals surface area contributed by atoms with Crippen molar-refractivity contribution in [2.75, 3.05) is 6.61 Å². The first-order valence-electron chi connectivity index (χ1n) is 7.63. The summed E-state index contributed by atoms with van der Waals surface area (Å²) in [6.07, 6.45) is 0.329. The van der Waals surface area contributed by atoms with Gasteiger partial charge in [0, 0.05) is 6.42 Å². The Labute approximate surface area is 130 Å². The molecule has 0 bridgehead atoms. The molecule has 2 N–H and O–H groups in total. The number of benzene rings is 2. The average Bonchev–Trinajstić information content (AvgIpc) is 2.92. The molecule has 0 fully saturated rings. The van der Waals surface area contributed by atoms with Crippen LogP contribution in [0.25, 0.3) is 11.0 Å². The maximum Gasteiger partial charge on any atom is 0.254 e. The highest BCUT2D eigenvalue weighted by atomic mass is 16.5. The molecule has 114 valence electrons. The molecule has 0 aliphatic carbocycles. The lowest BCUT2D eigenvalue weighted by atomic mass is 10.3. The SMILES string of the molecule is CCc1[nH]c2ccccc2[n+]1CC(O)COc1ccccc1. The molecule has 0 aliphatic rings. The number of fused-ring (bicyclic) bond motifs is 1. The minimum absolute atomic E-state index is 0.277. The van der Waals surface area contributed by atoms with Crippen molar-refractivity contribution in [3.8, 4) is 5.75 Å². The van der Waals surface area contributed by atoms with Crippen LogP contribution in [0.5, 0.6) is 5.75 Å². The molecule has 0 saturated heterocycles. The van der Waals surface area contributed by atoms with Crippen molar-refractivity contribution in [3.05, 3.63) is 60.4 Å². The fraction of sp³-hybridized carbons (Fsp3) is 0.278. The number of hydrogen-bond donors (Lipinski definition) is 2. The number of rotatable bonds is 6. The molecule has 1 heterocycles. The maximum absolute atomic E-state index is 10.3. The predicted molar refractivity (Wildman–Crippen MR) is 85.8 cm³/mol. The molecule has 0 amide bonds. The van der Waals surface area contributed by atoms with Crippen LogP contribution < -0.4 is 9.30 Å². The van der Waals surface area contributed by atoms with Gasteiger partial charge in [0.1, 0.15) is 25.0 Å². The number of aryl methyl sites for hydroxylation is 1. The second-order valence-corrected chi connectivity index (χ2v) is 5.33. The van der Waals surface area contributed by atoms with Crippen LogP contribution >= 0.6 is 0 Å². The first kappa shape index (κ1) is 14.6. The molecule has 2 aromatic carbocycles. The maximum atomic E-state index is 10.3. The van der Waals surface area contributed by atoms with Gasteiger partial charge in [0.05, 0.1) is 0 Å². The van der Waals surface area contributed by atoms with Crippen molar-refractivity contribution in [1.29, 1.82) is 0 Å². The van der Waals surface area contributed by atoms with Crippen LogP contribution in [0.3, 0.4) is 0 Å². The first-order valence-corrected chi connectivity index (χ1v) is 7.63. The third-order valence-corrected chi connectivity index (χ3v) is 3.71. The molecule has 1 unspecified atom stereocenters. The van der Waals surface area contributed by atoms with E-state index < -0.39 is 6.10 Å². The number of H-pyrrole nitrogens is 1. The molecule has 0 saturated carbocycles. The zero-order valence-corrected chi connectivity index (χ0v) is 12.7. The van der Waals surface area contributed by atoms with Gasteiger partial charge in [-0.1, -0.05) is 37.3 Å². The smallest absolute Gasteiger partial charge is 0.254 e. The minimum atomic E-state index is -0.560. The Morgan fingerprint density at radius 2 is 1.82 bits per heavy atom. The van der Waals surface area contributed by atoms with Crippen LogP contribution in [0, 0.1) is 0 Å². The summed E-state index contributed by atoms with van der Waals surface area (Å²) >= 11 is 0. The lowest BCUT2D eigenvalue weighted by molar-refractivity contribution is -0.685. The topological polar surface area (TPSA) is 49.1 Å². The molecule has 0 radical (unpaired) electrons. The van der Waals surface area contributed by atoms with Gasteiger partial charge in [0.25, 0.3) is 5.82 Å². The van der Waals surface area contributed by atoms with Crippen LogP contribution in [-0.4, -0.2) is 22.8 Å². The van der Waals surface area contributed by atoms with E-state index in [0.717, 1.165) is 29.0 Å².